The molecule has 0 aliphatic carbocycles. The summed E-state index contributed by atoms with van der Waals surface area (Å²) in [6, 6.07) is 12.1. The standard InChI is InChI=1S/C21H28N6O2/c28-21(27-10-8-26(9-11-27)18-4-2-1-3-5-18)19-16-20(24-17-23-19)22-6-7-25-12-14-29-15-13-25/h1-5,16-17H,6-15H2,(H,22,23,24). The molecule has 2 saturated heterocycles. The molecular weight excluding hydrogens is 368 g/mol. The van der Waals surface area contributed by atoms with Crippen LogP contribution in [0, 0.1) is 0 Å². The largest absolute Gasteiger partial charge is 0.379 e. The van der Waals surface area contributed by atoms with E-state index in [-0.39, 0.29) is 5.91 Å². The zero-order chi connectivity index (χ0) is 19.9. The summed E-state index contributed by atoms with van der Waals surface area (Å²) in [5.74, 6) is 0.663. The van der Waals surface area contributed by atoms with Crippen LogP contribution in [0.2, 0.25) is 0 Å². The van der Waals surface area contributed by atoms with E-state index >= 15 is 0 Å². The summed E-state index contributed by atoms with van der Waals surface area (Å²) in [6.07, 6.45) is 1.46. The average Bonchev–Trinajstić information content (AvgIpc) is 2.80. The molecule has 2 aliphatic heterocycles. The van der Waals surface area contributed by atoms with E-state index in [9.17, 15) is 4.79 Å². The SMILES string of the molecule is O=C(c1cc(NCCN2CCOCC2)ncn1)N1CCN(c2ccccc2)CC1. The first-order chi connectivity index (χ1) is 14.3. The number of piperazine rings is 1. The fourth-order valence-electron chi connectivity index (χ4n) is 3.71. The first-order valence-electron chi connectivity index (χ1n) is 10.2. The molecule has 1 aromatic carbocycles. The lowest BCUT2D eigenvalue weighted by molar-refractivity contribution is 0.0398. The fraction of sp³-hybridized carbons (Fsp3) is 0.476. The van der Waals surface area contributed by atoms with Gasteiger partial charge in [-0.1, -0.05) is 18.2 Å². The summed E-state index contributed by atoms with van der Waals surface area (Å²) >= 11 is 0. The molecule has 0 saturated carbocycles. The van der Waals surface area contributed by atoms with Crippen molar-refractivity contribution in [2.24, 2.45) is 0 Å². The Labute approximate surface area is 171 Å². The van der Waals surface area contributed by atoms with Crippen LogP contribution in [-0.4, -0.2) is 91.2 Å². The van der Waals surface area contributed by atoms with Crippen LogP contribution in [-0.2, 0) is 4.74 Å². The summed E-state index contributed by atoms with van der Waals surface area (Å²) in [6.45, 7) is 8.26. The number of nitrogens with one attached hydrogen (secondary N) is 1. The van der Waals surface area contributed by atoms with E-state index in [1.807, 2.05) is 23.1 Å². The minimum absolute atomic E-state index is 0.0312. The Morgan fingerprint density at radius 2 is 1.76 bits per heavy atom. The Morgan fingerprint density at radius 1 is 1.00 bits per heavy atom. The maximum absolute atomic E-state index is 12.9. The molecule has 0 unspecified atom stereocenters. The third-order valence-electron chi connectivity index (χ3n) is 5.41. The predicted molar refractivity (Wildman–Crippen MR) is 112 cm³/mol. The van der Waals surface area contributed by atoms with Crippen LogP contribution in [0.4, 0.5) is 11.5 Å². The maximum Gasteiger partial charge on any atom is 0.272 e. The van der Waals surface area contributed by atoms with Crippen LogP contribution in [0.3, 0.4) is 0 Å². The van der Waals surface area contributed by atoms with Gasteiger partial charge in [-0.15, -0.1) is 0 Å². The predicted octanol–water partition coefficient (Wildman–Crippen LogP) is 1.18. The number of rotatable bonds is 6. The van der Waals surface area contributed by atoms with Crippen LogP contribution < -0.4 is 10.2 Å². The Morgan fingerprint density at radius 3 is 2.52 bits per heavy atom. The number of amides is 1. The minimum atomic E-state index is -0.0312. The summed E-state index contributed by atoms with van der Waals surface area (Å²) in [5, 5.41) is 3.31. The van der Waals surface area contributed by atoms with E-state index in [1.54, 1.807) is 6.07 Å². The Kier molecular flexibility index (Phi) is 6.53. The number of nitrogens with zero attached hydrogens (tertiary/aromatic N) is 5. The second-order valence-corrected chi connectivity index (χ2v) is 7.28. The third-order valence-corrected chi connectivity index (χ3v) is 5.41. The lowest BCUT2D eigenvalue weighted by Gasteiger charge is -2.36. The topological polar surface area (TPSA) is 73.8 Å². The van der Waals surface area contributed by atoms with Gasteiger partial charge in [0.25, 0.3) is 5.91 Å². The zero-order valence-corrected chi connectivity index (χ0v) is 16.7. The molecule has 0 bridgehead atoms. The molecule has 2 fully saturated rings. The summed E-state index contributed by atoms with van der Waals surface area (Å²) < 4.78 is 5.37. The highest BCUT2D eigenvalue weighted by atomic mass is 16.5. The Bertz CT molecular complexity index is 789. The molecular formula is C21H28N6O2. The van der Waals surface area contributed by atoms with Gasteiger partial charge >= 0.3 is 0 Å². The number of hydrogen-bond donors (Lipinski definition) is 1. The van der Waals surface area contributed by atoms with Crippen molar-refractivity contribution in [3.63, 3.8) is 0 Å². The van der Waals surface area contributed by atoms with Crippen molar-refractivity contribution in [3.05, 3.63) is 48.4 Å². The van der Waals surface area contributed by atoms with Crippen LogP contribution >= 0.6 is 0 Å². The number of carbonyl (C=O) groups is 1. The molecule has 29 heavy (non-hydrogen) atoms. The molecule has 4 rings (SSSR count). The fourth-order valence-corrected chi connectivity index (χ4v) is 3.71. The molecule has 0 radical (unpaired) electrons. The molecule has 2 aromatic rings. The number of ether oxygens (including phenoxy) is 1. The molecule has 8 heteroatoms. The number of aromatic nitrogens is 2. The van der Waals surface area contributed by atoms with Gasteiger partial charge in [0, 0.05) is 64.1 Å². The molecule has 0 atom stereocenters. The van der Waals surface area contributed by atoms with Gasteiger partial charge in [0.05, 0.1) is 13.2 Å². The first-order valence-corrected chi connectivity index (χ1v) is 10.2. The quantitative estimate of drug-likeness (QED) is 0.786. The van der Waals surface area contributed by atoms with Crippen LogP contribution in [0.15, 0.2) is 42.7 Å². The van der Waals surface area contributed by atoms with E-state index in [2.05, 4.69) is 37.2 Å². The van der Waals surface area contributed by atoms with Crippen LogP contribution in [0.25, 0.3) is 0 Å². The zero-order valence-electron chi connectivity index (χ0n) is 16.7. The van der Waals surface area contributed by atoms with E-state index in [4.69, 9.17) is 4.74 Å². The van der Waals surface area contributed by atoms with Gasteiger partial charge in [-0.3, -0.25) is 9.69 Å². The number of para-hydroxylation sites is 1. The van der Waals surface area contributed by atoms with Crippen molar-refractivity contribution in [2.75, 3.05) is 75.8 Å². The van der Waals surface area contributed by atoms with Gasteiger partial charge in [-0.2, -0.15) is 0 Å². The normalized spacial score (nSPS) is 17.9. The number of anilines is 2. The van der Waals surface area contributed by atoms with Crippen molar-refractivity contribution < 1.29 is 9.53 Å². The molecule has 154 valence electrons. The monoisotopic (exact) mass is 396 g/mol. The van der Waals surface area contributed by atoms with E-state index in [0.717, 1.165) is 52.5 Å². The molecule has 1 aromatic heterocycles. The second kappa shape index (κ2) is 9.67. The van der Waals surface area contributed by atoms with Crippen LogP contribution in [0.5, 0.6) is 0 Å². The van der Waals surface area contributed by atoms with Gasteiger partial charge in [0.2, 0.25) is 0 Å². The highest BCUT2D eigenvalue weighted by molar-refractivity contribution is 5.93. The number of morpholine rings is 1. The van der Waals surface area contributed by atoms with Gasteiger partial charge in [-0.25, -0.2) is 9.97 Å². The molecule has 0 spiro atoms. The summed E-state index contributed by atoms with van der Waals surface area (Å²) in [4.78, 5) is 27.9. The lowest BCUT2D eigenvalue weighted by atomic mass is 10.2. The van der Waals surface area contributed by atoms with E-state index < -0.39 is 0 Å². The highest BCUT2D eigenvalue weighted by Crippen LogP contribution is 2.17. The van der Waals surface area contributed by atoms with Crippen molar-refractivity contribution in [1.29, 1.82) is 0 Å². The second-order valence-electron chi connectivity index (χ2n) is 7.28. The number of benzene rings is 1. The van der Waals surface area contributed by atoms with Crippen LogP contribution in [0.1, 0.15) is 10.5 Å². The van der Waals surface area contributed by atoms with Crippen molar-refractivity contribution >= 4 is 17.4 Å². The first kappa shape index (κ1) is 19.6. The number of carbonyl (C=O) groups excluding carboxylic acids is 1. The third kappa shape index (κ3) is 5.21. The Balaban J connectivity index is 1.28. The van der Waals surface area contributed by atoms with Crippen molar-refractivity contribution in [1.82, 2.24) is 19.8 Å². The highest BCUT2D eigenvalue weighted by Gasteiger charge is 2.23. The van der Waals surface area contributed by atoms with E-state index in [0.29, 0.717) is 24.6 Å². The summed E-state index contributed by atoms with van der Waals surface area (Å²) in [7, 11) is 0. The summed E-state index contributed by atoms with van der Waals surface area (Å²) in [5.41, 5.74) is 1.65. The van der Waals surface area contributed by atoms with Gasteiger partial charge in [0.1, 0.15) is 17.8 Å². The van der Waals surface area contributed by atoms with E-state index in [1.165, 1.54) is 12.0 Å². The molecule has 1 amide bonds. The molecule has 1 N–H and O–H groups in total. The molecule has 3 heterocycles. The van der Waals surface area contributed by atoms with Crippen molar-refractivity contribution in [3.8, 4) is 0 Å². The van der Waals surface area contributed by atoms with Gasteiger partial charge < -0.3 is 19.9 Å². The lowest BCUT2D eigenvalue weighted by Crippen LogP contribution is -2.49. The Hall–Kier alpha value is -2.71. The minimum Gasteiger partial charge on any atom is -0.379 e. The van der Waals surface area contributed by atoms with Gasteiger partial charge in [0.15, 0.2) is 0 Å². The smallest absolute Gasteiger partial charge is 0.272 e. The maximum atomic E-state index is 12.9. The molecule has 2 aliphatic rings. The average molecular weight is 396 g/mol. The van der Waals surface area contributed by atoms with Crippen molar-refractivity contribution in [2.45, 2.75) is 0 Å². The molecule has 8 nitrogen and oxygen atoms in total. The number of hydrogen-bond acceptors (Lipinski definition) is 7. The van der Waals surface area contributed by atoms with Gasteiger partial charge in [-0.05, 0) is 12.1 Å².